The first-order chi connectivity index (χ1) is 7.10. The molecule has 0 bridgehead atoms. The van der Waals surface area contributed by atoms with Crippen LogP contribution in [0.1, 0.15) is 33.6 Å². The van der Waals surface area contributed by atoms with Crippen molar-refractivity contribution < 1.29 is 9.90 Å². The maximum atomic E-state index is 10.3. The molecule has 0 rings (SSSR count). The minimum Gasteiger partial charge on any atom is -0.480 e. The third-order valence-electron chi connectivity index (χ3n) is 2.61. The second-order valence-electron chi connectivity index (χ2n) is 3.84. The second kappa shape index (κ2) is 8.68. The van der Waals surface area contributed by atoms with Crippen LogP contribution >= 0.6 is 0 Å². The van der Waals surface area contributed by atoms with Crippen LogP contribution in [0.5, 0.6) is 0 Å². The molecule has 0 heterocycles. The van der Waals surface area contributed by atoms with Gasteiger partial charge in [-0.25, -0.2) is 0 Å². The van der Waals surface area contributed by atoms with Crippen LogP contribution in [-0.2, 0) is 4.79 Å². The van der Waals surface area contributed by atoms with Gasteiger partial charge in [-0.15, -0.1) is 0 Å². The van der Waals surface area contributed by atoms with E-state index in [1.54, 1.807) is 0 Å². The lowest BCUT2D eigenvalue weighted by Gasteiger charge is -2.19. The number of hydrogen-bond acceptors (Lipinski definition) is 3. The first-order valence-corrected chi connectivity index (χ1v) is 5.77. The van der Waals surface area contributed by atoms with Crippen LogP contribution in [0.25, 0.3) is 0 Å². The molecule has 1 atom stereocenters. The molecule has 15 heavy (non-hydrogen) atoms. The van der Waals surface area contributed by atoms with Crippen molar-refractivity contribution in [1.29, 1.82) is 0 Å². The van der Waals surface area contributed by atoms with E-state index in [1.807, 2.05) is 6.92 Å². The number of nitrogens with zero attached hydrogens (tertiary/aromatic N) is 1. The number of carboxylic acid groups (broad SMARTS) is 1. The Bertz CT molecular complexity index is 170. The standard InChI is InChI=1S/C11H24N2O2/c1-4-13(5-2)8-6-7-10(3)12-9-11(14)15/h10,12H,4-9H2,1-3H3,(H,14,15). The molecule has 2 N–H and O–H groups in total. The lowest BCUT2D eigenvalue weighted by molar-refractivity contribution is -0.136. The number of hydrogen-bond donors (Lipinski definition) is 2. The number of aliphatic carboxylic acids is 1. The summed E-state index contributed by atoms with van der Waals surface area (Å²) < 4.78 is 0. The van der Waals surface area contributed by atoms with Crippen molar-refractivity contribution in [3.63, 3.8) is 0 Å². The smallest absolute Gasteiger partial charge is 0.317 e. The fraction of sp³-hybridized carbons (Fsp3) is 0.909. The third-order valence-corrected chi connectivity index (χ3v) is 2.61. The van der Waals surface area contributed by atoms with E-state index in [0.717, 1.165) is 32.5 Å². The van der Waals surface area contributed by atoms with Gasteiger partial charge in [0.05, 0.1) is 6.54 Å². The molecule has 0 aliphatic rings. The van der Waals surface area contributed by atoms with Crippen LogP contribution in [0.3, 0.4) is 0 Å². The van der Waals surface area contributed by atoms with E-state index in [4.69, 9.17) is 5.11 Å². The quantitative estimate of drug-likeness (QED) is 0.607. The molecular formula is C11H24N2O2. The monoisotopic (exact) mass is 216 g/mol. The number of carbonyl (C=O) groups is 1. The Hall–Kier alpha value is -0.610. The molecule has 0 aliphatic heterocycles. The van der Waals surface area contributed by atoms with Crippen molar-refractivity contribution in [1.82, 2.24) is 10.2 Å². The maximum Gasteiger partial charge on any atom is 0.317 e. The first-order valence-electron chi connectivity index (χ1n) is 5.77. The van der Waals surface area contributed by atoms with Gasteiger partial charge in [0.25, 0.3) is 0 Å². The highest BCUT2D eigenvalue weighted by molar-refractivity contribution is 5.69. The van der Waals surface area contributed by atoms with Gasteiger partial charge in [0.2, 0.25) is 0 Å². The Morgan fingerprint density at radius 3 is 2.47 bits per heavy atom. The van der Waals surface area contributed by atoms with Gasteiger partial charge >= 0.3 is 5.97 Å². The first kappa shape index (κ1) is 14.4. The van der Waals surface area contributed by atoms with Gasteiger partial charge in [0, 0.05) is 6.04 Å². The van der Waals surface area contributed by atoms with Gasteiger partial charge < -0.3 is 15.3 Å². The third kappa shape index (κ3) is 8.39. The van der Waals surface area contributed by atoms with Crippen LogP contribution in [0.2, 0.25) is 0 Å². The summed E-state index contributed by atoms with van der Waals surface area (Å²) in [5.41, 5.74) is 0. The number of nitrogens with one attached hydrogen (secondary N) is 1. The van der Waals surface area contributed by atoms with E-state index in [9.17, 15) is 4.79 Å². The Morgan fingerprint density at radius 1 is 1.40 bits per heavy atom. The molecule has 0 amide bonds. The van der Waals surface area contributed by atoms with Crippen molar-refractivity contribution in [2.24, 2.45) is 0 Å². The molecule has 4 heteroatoms. The van der Waals surface area contributed by atoms with E-state index in [-0.39, 0.29) is 12.6 Å². The van der Waals surface area contributed by atoms with Crippen LogP contribution in [0, 0.1) is 0 Å². The zero-order chi connectivity index (χ0) is 11.7. The molecule has 1 unspecified atom stereocenters. The summed E-state index contributed by atoms with van der Waals surface area (Å²) in [6.45, 7) is 9.70. The average molecular weight is 216 g/mol. The summed E-state index contributed by atoms with van der Waals surface area (Å²) >= 11 is 0. The number of carboxylic acids is 1. The predicted molar refractivity (Wildman–Crippen MR) is 62.1 cm³/mol. The fourth-order valence-electron chi connectivity index (χ4n) is 1.52. The minimum absolute atomic E-state index is 0.0619. The fourth-order valence-corrected chi connectivity index (χ4v) is 1.52. The molecular weight excluding hydrogens is 192 g/mol. The van der Waals surface area contributed by atoms with E-state index >= 15 is 0 Å². The molecule has 0 aromatic rings. The Labute approximate surface area is 92.7 Å². The molecule has 0 aliphatic carbocycles. The van der Waals surface area contributed by atoms with Gasteiger partial charge in [-0.1, -0.05) is 13.8 Å². The van der Waals surface area contributed by atoms with Gasteiger partial charge in [0.15, 0.2) is 0 Å². The molecule has 0 saturated carbocycles. The van der Waals surface area contributed by atoms with Gasteiger partial charge in [0.1, 0.15) is 0 Å². The van der Waals surface area contributed by atoms with Crippen molar-refractivity contribution in [3.8, 4) is 0 Å². The van der Waals surface area contributed by atoms with Crippen LogP contribution < -0.4 is 5.32 Å². The van der Waals surface area contributed by atoms with Crippen LogP contribution in [0.15, 0.2) is 0 Å². The zero-order valence-corrected chi connectivity index (χ0v) is 10.1. The average Bonchev–Trinajstić information content (AvgIpc) is 2.21. The van der Waals surface area contributed by atoms with E-state index in [2.05, 4.69) is 24.1 Å². The second-order valence-corrected chi connectivity index (χ2v) is 3.84. The zero-order valence-electron chi connectivity index (χ0n) is 10.1. The molecule has 0 saturated heterocycles. The molecule has 0 spiro atoms. The lowest BCUT2D eigenvalue weighted by Crippen LogP contribution is -2.32. The highest BCUT2D eigenvalue weighted by atomic mass is 16.4. The van der Waals surface area contributed by atoms with Gasteiger partial charge in [-0.3, -0.25) is 4.79 Å². The van der Waals surface area contributed by atoms with Crippen LogP contribution in [0.4, 0.5) is 0 Å². The largest absolute Gasteiger partial charge is 0.480 e. The van der Waals surface area contributed by atoms with Crippen molar-refractivity contribution in [3.05, 3.63) is 0 Å². The number of rotatable bonds is 9. The van der Waals surface area contributed by atoms with E-state index in [1.165, 1.54) is 0 Å². The molecule has 0 radical (unpaired) electrons. The summed E-state index contributed by atoms with van der Waals surface area (Å²) in [5.74, 6) is -0.786. The Kier molecular flexibility index (Phi) is 8.33. The highest BCUT2D eigenvalue weighted by Crippen LogP contribution is 1.99. The SMILES string of the molecule is CCN(CC)CCCC(C)NCC(=O)O. The maximum absolute atomic E-state index is 10.3. The lowest BCUT2D eigenvalue weighted by atomic mass is 10.2. The molecule has 90 valence electrons. The summed E-state index contributed by atoms with van der Waals surface area (Å²) in [5, 5.41) is 11.5. The van der Waals surface area contributed by atoms with Gasteiger partial charge in [-0.2, -0.15) is 0 Å². The Balaban J connectivity index is 3.45. The highest BCUT2D eigenvalue weighted by Gasteiger charge is 2.05. The molecule has 0 fully saturated rings. The minimum atomic E-state index is -0.786. The van der Waals surface area contributed by atoms with Crippen molar-refractivity contribution in [2.45, 2.75) is 39.7 Å². The normalized spacial score (nSPS) is 13.1. The van der Waals surface area contributed by atoms with Crippen molar-refractivity contribution >= 4 is 5.97 Å². The Morgan fingerprint density at radius 2 is 2.00 bits per heavy atom. The van der Waals surface area contributed by atoms with Crippen molar-refractivity contribution in [2.75, 3.05) is 26.2 Å². The van der Waals surface area contributed by atoms with Gasteiger partial charge in [-0.05, 0) is 39.4 Å². The predicted octanol–water partition coefficient (Wildman–Crippen LogP) is 1.17. The van der Waals surface area contributed by atoms with E-state index in [0.29, 0.717) is 0 Å². The van der Waals surface area contributed by atoms with E-state index < -0.39 is 5.97 Å². The topological polar surface area (TPSA) is 52.6 Å². The summed E-state index contributed by atoms with van der Waals surface area (Å²) in [6, 6.07) is 0.289. The summed E-state index contributed by atoms with van der Waals surface area (Å²) in [4.78, 5) is 12.7. The molecule has 0 aromatic carbocycles. The molecule has 0 aromatic heterocycles. The van der Waals surface area contributed by atoms with Crippen LogP contribution in [-0.4, -0.2) is 48.2 Å². The summed E-state index contributed by atoms with van der Waals surface area (Å²) in [7, 11) is 0. The summed E-state index contributed by atoms with van der Waals surface area (Å²) in [6.07, 6.45) is 2.15. The molecule has 4 nitrogen and oxygen atoms in total.